The maximum Gasteiger partial charge on any atom is 0.259 e. The highest BCUT2D eigenvalue weighted by Crippen LogP contribution is 2.32. The number of aryl methyl sites for hydroxylation is 1. The number of thiophene rings is 1. The van der Waals surface area contributed by atoms with Crippen molar-refractivity contribution in [2.75, 3.05) is 12.3 Å². The van der Waals surface area contributed by atoms with Crippen LogP contribution < -0.4 is 11.1 Å². The van der Waals surface area contributed by atoms with Crippen LogP contribution in [0.2, 0.25) is 0 Å². The second-order valence-electron chi connectivity index (χ2n) is 4.29. The van der Waals surface area contributed by atoms with E-state index in [0.29, 0.717) is 17.8 Å². The van der Waals surface area contributed by atoms with Crippen LogP contribution in [0, 0.1) is 6.92 Å². The molecule has 2 aromatic rings. The van der Waals surface area contributed by atoms with Gasteiger partial charge in [-0.1, -0.05) is 18.5 Å². The van der Waals surface area contributed by atoms with E-state index in [1.165, 1.54) is 0 Å². The SMILES string of the molecule is CCCCNC(=O)c1c(-c2ccc(C)s2)noc1N. The number of amides is 1. The van der Waals surface area contributed by atoms with Gasteiger partial charge in [-0.2, -0.15) is 0 Å². The van der Waals surface area contributed by atoms with Crippen molar-refractivity contribution in [3.05, 3.63) is 22.6 Å². The summed E-state index contributed by atoms with van der Waals surface area (Å²) in [7, 11) is 0. The molecule has 2 rings (SSSR count). The highest BCUT2D eigenvalue weighted by atomic mass is 32.1. The Bertz CT molecular complexity index is 574. The van der Waals surface area contributed by atoms with Crippen LogP contribution in [0.15, 0.2) is 16.7 Å². The van der Waals surface area contributed by atoms with Gasteiger partial charge in [-0.05, 0) is 25.5 Å². The van der Waals surface area contributed by atoms with Gasteiger partial charge in [-0.15, -0.1) is 11.3 Å². The number of hydrogen-bond donors (Lipinski definition) is 2. The van der Waals surface area contributed by atoms with Crippen LogP contribution in [0.5, 0.6) is 0 Å². The van der Waals surface area contributed by atoms with Crippen LogP contribution in [0.25, 0.3) is 10.6 Å². The Morgan fingerprint density at radius 1 is 1.53 bits per heavy atom. The van der Waals surface area contributed by atoms with Gasteiger partial charge in [-0.3, -0.25) is 4.79 Å². The van der Waals surface area contributed by atoms with Gasteiger partial charge in [-0.25, -0.2) is 0 Å². The number of nitrogens with zero attached hydrogens (tertiary/aromatic N) is 1. The number of nitrogen functional groups attached to an aromatic ring is 1. The van der Waals surface area contributed by atoms with E-state index in [1.807, 2.05) is 19.1 Å². The van der Waals surface area contributed by atoms with E-state index in [4.69, 9.17) is 10.3 Å². The van der Waals surface area contributed by atoms with Crippen LogP contribution in [0.3, 0.4) is 0 Å². The van der Waals surface area contributed by atoms with Crippen molar-refractivity contribution in [2.45, 2.75) is 26.7 Å². The van der Waals surface area contributed by atoms with Gasteiger partial charge in [0.1, 0.15) is 11.3 Å². The Kier molecular flexibility index (Phi) is 4.21. The number of nitrogens with two attached hydrogens (primary N) is 1. The highest BCUT2D eigenvalue weighted by Gasteiger charge is 2.22. The number of carbonyl (C=O) groups excluding carboxylic acids is 1. The molecule has 0 saturated heterocycles. The summed E-state index contributed by atoms with van der Waals surface area (Å²) in [5, 5.41) is 6.73. The molecule has 0 bridgehead atoms. The molecule has 0 aliphatic carbocycles. The maximum absolute atomic E-state index is 12.1. The number of aromatic nitrogens is 1. The van der Waals surface area contributed by atoms with Gasteiger partial charge in [0.25, 0.3) is 5.91 Å². The van der Waals surface area contributed by atoms with Crippen LogP contribution in [-0.4, -0.2) is 17.6 Å². The number of anilines is 1. The molecular weight excluding hydrogens is 262 g/mol. The molecule has 0 aliphatic rings. The van der Waals surface area contributed by atoms with Crippen LogP contribution in [0.1, 0.15) is 35.0 Å². The molecule has 0 unspecified atom stereocenters. The van der Waals surface area contributed by atoms with E-state index in [9.17, 15) is 4.79 Å². The maximum atomic E-state index is 12.1. The quantitative estimate of drug-likeness (QED) is 0.825. The lowest BCUT2D eigenvalue weighted by atomic mass is 10.2. The molecule has 102 valence electrons. The van der Waals surface area contributed by atoms with Crippen LogP contribution in [-0.2, 0) is 0 Å². The summed E-state index contributed by atoms with van der Waals surface area (Å²) in [6.07, 6.45) is 1.96. The van der Waals surface area contributed by atoms with E-state index >= 15 is 0 Å². The smallest absolute Gasteiger partial charge is 0.259 e. The van der Waals surface area contributed by atoms with E-state index < -0.39 is 0 Å². The van der Waals surface area contributed by atoms with Crippen LogP contribution in [0.4, 0.5) is 5.88 Å². The molecule has 5 nitrogen and oxygen atoms in total. The van der Waals surface area contributed by atoms with Gasteiger partial charge in [0.15, 0.2) is 0 Å². The van der Waals surface area contributed by atoms with E-state index in [-0.39, 0.29) is 11.8 Å². The Morgan fingerprint density at radius 3 is 2.95 bits per heavy atom. The number of rotatable bonds is 5. The van der Waals surface area contributed by atoms with Crippen molar-refractivity contribution in [1.82, 2.24) is 10.5 Å². The Morgan fingerprint density at radius 2 is 2.32 bits per heavy atom. The van der Waals surface area contributed by atoms with Gasteiger partial charge in [0.2, 0.25) is 5.88 Å². The minimum Gasteiger partial charge on any atom is -0.367 e. The molecule has 2 aromatic heterocycles. The average molecular weight is 279 g/mol. The van der Waals surface area contributed by atoms with Crippen molar-refractivity contribution in [3.63, 3.8) is 0 Å². The van der Waals surface area contributed by atoms with E-state index in [2.05, 4.69) is 17.4 Å². The molecule has 0 fully saturated rings. The predicted molar refractivity (Wildman–Crippen MR) is 76.2 cm³/mol. The lowest BCUT2D eigenvalue weighted by molar-refractivity contribution is 0.0954. The first-order valence-corrected chi connectivity index (χ1v) is 7.05. The summed E-state index contributed by atoms with van der Waals surface area (Å²) in [5.74, 6) is -0.164. The zero-order valence-electron chi connectivity index (χ0n) is 11.0. The molecule has 0 saturated carbocycles. The first-order chi connectivity index (χ1) is 9.13. The summed E-state index contributed by atoms with van der Waals surface area (Å²) < 4.78 is 4.96. The third-order valence-electron chi connectivity index (χ3n) is 2.74. The molecule has 2 heterocycles. The van der Waals surface area contributed by atoms with Gasteiger partial charge in [0.05, 0.1) is 4.88 Å². The number of unbranched alkanes of at least 4 members (excludes halogenated alkanes) is 1. The molecule has 6 heteroatoms. The summed E-state index contributed by atoms with van der Waals surface area (Å²) in [6, 6.07) is 3.89. The predicted octanol–water partition coefficient (Wildman–Crippen LogP) is 2.82. The summed E-state index contributed by atoms with van der Waals surface area (Å²) >= 11 is 1.56. The fraction of sp³-hybridized carbons (Fsp3) is 0.385. The van der Waals surface area contributed by atoms with E-state index in [0.717, 1.165) is 22.6 Å². The van der Waals surface area contributed by atoms with Crippen molar-refractivity contribution in [3.8, 4) is 10.6 Å². The summed E-state index contributed by atoms with van der Waals surface area (Å²) in [5.41, 5.74) is 6.55. The fourth-order valence-electron chi connectivity index (χ4n) is 1.72. The van der Waals surface area contributed by atoms with Crippen molar-refractivity contribution < 1.29 is 9.32 Å². The molecule has 0 spiro atoms. The molecule has 0 radical (unpaired) electrons. The third kappa shape index (κ3) is 2.96. The highest BCUT2D eigenvalue weighted by molar-refractivity contribution is 7.15. The lowest BCUT2D eigenvalue weighted by Gasteiger charge is -2.03. The molecule has 19 heavy (non-hydrogen) atoms. The van der Waals surface area contributed by atoms with Crippen LogP contribution >= 0.6 is 11.3 Å². The molecule has 0 aliphatic heterocycles. The topological polar surface area (TPSA) is 81.2 Å². The Labute approximate surface area is 115 Å². The third-order valence-corrected chi connectivity index (χ3v) is 3.74. The lowest BCUT2D eigenvalue weighted by Crippen LogP contribution is -2.25. The average Bonchev–Trinajstić information content (AvgIpc) is 2.95. The van der Waals surface area contributed by atoms with Crippen molar-refractivity contribution in [2.24, 2.45) is 0 Å². The Hall–Kier alpha value is -1.82. The minimum absolute atomic E-state index is 0.0649. The second kappa shape index (κ2) is 5.88. The molecule has 0 aromatic carbocycles. The number of nitrogens with one attached hydrogen (secondary N) is 1. The molecule has 1 amide bonds. The number of hydrogen-bond acceptors (Lipinski definition) is 5. The van der Waals surface area contributed by atoms with Gasteiger partial charge < -0.3 is 15.6 Å². The largest absolute Gasteiger partial charge is 0.367 e. The standard InChI is InChI=1S/C13H17N3O2S/c1-3-4-7-15-13(17)10-11(16-18-12(10)14)9-6-5-8(2)19-9/h5-6H,3-4,7,14H2,1-2H3,(H,15,17). The zero-order chi connectivity index (χ0) is 13.8. The fourth-order valence-corrected chi connectivity index (χ4v) is 2.57. The Balaban J connectivity index is 2.25. The first-order valence-electron chi connectivity index (χ1n) is 6.23. The summed E-state index contributed by atoms with van der Waals surface area (Å²) in [4.78, 5) is 14.2. The van der Waals surface area contributed by atoms with Crippen molar-refractivity contribution >= 4 is 23.1 Å². The first kappa shape index (κ1) is 13.6. The number of carbonyl (C=O) groups is 1. The second-order valence-corrected chi connectivity index (χ2v) is 5.58. The normalized spacial score (nSPS) is 10.6. The molecule has 3 N–H and O–H groups in total. The van der Waals surface area contributed by atoms with Gasteiger partial charge in [0, 0.05) is 11.4 Å². The monoisotopic (exact) mass is 279 g/mol. The zero-order valence-corrected chi connectivity index (χ0v) is 11.8. The minimum atomic E-state index is -0.228. The van der Waals surface area contributed by atoms with E-state index in [1.54, 1.807) is 11.3 Å². The van der Waals surface area contributed by atoms with Crippen molar-refractivity contribution in [1.29, 1.82) is 0 Å². The summed E-state index contributed by atoms with van der Waals surface area (Å²) in [6.45, 7) is 4.70. The molecular formula is C13H17N3O2S. The van der Waals surface area contributed by atoms with Gasteiger partial charge >= 0.3 is 0 Å². The molecule has 0 atom stereocenters.